The number of para-hydroxylation sites is 1. The number of hydrogen-bond donors (Lipinski definition) is 1. The van der Waals surface area contributed by atoms with Crippen LogP contribution in [-0.2, 0) is 23.9 Å². The van der Waals surface area contributed by atoms with Gasteiger partial charge < -0.3 is 14.8 Å². The Labute approximate surface area is 164 Å². The Hall–Kier alpha value is -2.90. The lowest BCUT2D eigenvalue weighted by Crippen LogP contribution is -2.57. The molecule has 2 unspecified atom stereocenters. The van der Waals surface area contributed by atoms with E-state index < -0.39 is 29.4 Å². The zero-order chi connectivity index (χ0) is 20.7. The van der Waals surface area contributed by atoms with Crippen molar-refractivity contribution in [3.8, 4) is 0 Å². The zero-order valence-electron chi connectivity index (χ0n) is 16.7. The summed E-state index contributed by atoms with van der Waals surface area (Å²) in [6.45, 7) is 5.48. The molecule has 0 aromatic heterocycles. The second kappa shape index (κ2) is 9.34. The number of anilines is 1. The molecule has 0 radical (unpaired) electrons. The molecule has 28 heavy (non-hydrogen) atoms. The summed E-state index contributed by atoms with van der Waals surface area (Å²) < 4.78 is 9.90. The maximum atomic E-state index is 13.1. The van der Waals surface area contributed by atoms with Crippen molar-refractivity contribution < 1.29 is 23.9 Å². The van der Waals surface area contributed by atoms with Crippen LogP contribution in [0.5, 0.6) is 0 Å². The van der Waals surface area contributed by atoms with Gasteiger partial charge in [0, 0.05) is 6.42 Å². The van der Waals surface area contributed by atoms with Gasteiger partial charge in [0.1, 0.15) is 17.3 Å². The van der Waals surface area contributed by atoms with Gasteiger partial charge in [-0.2, -0.15) is 5.10 Å². The number of amides is 1. The molecule has 1 aliphatic heterocycles. The van der Waals surface area contributed by atoms with Crippen LogP contribution in [0.4, 0.5) is 5.69 Å². The van der Waals surface area contributed by atoms with Crippen molar-refractivity contribution in [2.75, 3.05) is 18.7 Å². The van der Waals surface area contributed by atoms with Crippen molar-refractivity contribution in [2.45, 2.75) is 51.6 Å². The Morgan fingerprint density at radius 2 is 1.93 bits per heavy atom. The van der Waals surface area contributed by atoms with Crippen molar-refractivity contribution in [1.29, 1.82) is 0 Å². The molecule has 0 saturated carbocycles. The van der Waals surface area contributed by atoms with E-state index in [2.05, 4.69) is 10.4 Å². The summed E-state index contributed by atoms with van der Waals surface area (Å²) in [7, 11) is 1.29. The third-order valence-corrected chi connectivity index (χ3v) is 4.53. The molecule has 1 N–H and O–H groups in total. The van der Waals surface area contributed by atoms with Gasteiger partial charge in [0.15, 0.2) is 0 Å². The van der Waals surface area contributed by atoms with Crippen molar-refractivity contribution in [1.82, 2.24) is 5.32 Å². The Morgan fingerprint density at radius 1 is 1.25 bits per heavy atom. The van der Waals surface area contributed by atoms with Crippen molar-refractivity contribution in [3.63, 3.8) is 0 Å². The largest absolute Gasteiger partial charge is 0.467 e. The number of rotatable bonds is 8. The number of hydrogen-bond acceptors (Lipinski definition) is 7. The Balaban J connectivity index is 2.29. The Morgan fingerprint density at radius 3 is 2.50 bits per heavy atom. The molecule has 1 aliphatic rings. The molecule has 2 atom stereocenters. The van der Waals surface area contributed by atoms with Crippen LogP contribution in [0.15, 0.2) is 35.4 Å². The van der Waals surface area contributed by atoms with E-state index in [1.54, 1.807) is 26.0 Å². The highest BCUT2D eigenvalue weighted by Gasteiger charge is 2.42. The second-order valence-corrected chi connectivity index (χ2v) is 6.73. The molecule has 1 amide bonds. The number of nitrogens with one attached hydrogen (secondary N) is 1. The molecule has 1 heterocycles. The topological polar surface area (TPSA) is 97.3 Å². The average Bonchev–Trinajstić information content (AvgIpc) is 3.14. The third kappa shape index (κ3) is 4.68. The third-order valence-electron chi connectivity index (χ3n) is 4.53. The summed E-state index contributed by atoms with van der Waals surface area (Å²) in [4.78, 5) is 37.5. The van der Waals surface area contributed by atoms with E-state index in [1.165, 1.54) is 12.1 Å². The molecule has 0 bridgehead atoms. The van der Waals surface area contributed by atoms with E-state index in [0.29, 0.717) is 18.5 Å². The molecule has 8 heteroatoms. The van der Waals surface area contributed by atoms with Crippen molar-refractivity contribution >= 4 is 29.2 Å². The molecule has 1 aromatic rings. The van der Waals surface area contributed by atoms with Gasteiger partial charge in [-0.3, -0.25) is 9.80 Å². The van der Waals surface area contributed by atoms with Crippen molar-refractivity contribution in [3.05, 3.63) is 30.3 Å². The summed E-state index contributed by atoms with van der Waals surface area (Å²) in [5, 5.41) is 8.61. The summed E-state index contributed by atoms with van der Waals surface area (Å²) >= 11 is 0. The van der Waals surface area contributed by atoms with Gasteiger partial charge in [-0.25, -0.2) is 9.59 Å². The standard InChI is InChI=1S/C20H27N3O5/c1-5-12-20(3,19(26)27-4)21-17(24)16-13-15(18(25)28-6-2)22-23(16)14-10-8-7-9-11-14/h7-11,16H,5-6,12-13H2,1-4H3,(H,21,24). The molecule has 0 fully saturated rings. The van der Waals surface area contributed by atoms with Gasteiger partial charge in [0.25, 0.3) is 0 Å². The van der Waals surface area contributed by atoms with Crippen LogP contribution >= 0.6 is 0 Å². The van der Waals surface area contributed by atoms with Crippen LogP contribution in [0, 0.1) is 0 Å². The molecule has 8 nitrogen and oxygen atoms in total. The van der Waals surface area contributed by atoms with Gasteiger partial charge >= 0.3 is 11.9 Å². The lowest BCUT2D eigenvalue weighted by atomic mass is 9.95. The fourth-order valence-electron chi connectivity index (χ4n) is 3.17. The molecule has 0 aliphatic carbocycles. The fraction of sp³-hybridized carbons (Fsp3) is 0.500. The van der Waals surface area contributed by atoms with Gasteiger partial charge in [-0.05, 0) is 32.4 Å². The van der Waals surface area contributed by atoms with Gasteiger partial charge in [-0.1, -0.05) is 31.5 Å². The fourth-order valence-corrected chi connectivity index (χ4v) is 3.17. The lowest BCUT2D eigenvalue weighted by molar-refractivity contribution is -0.150. The minimum absolute atomic E-state index is 0.0862. The number of ether oxygens (including phenoxy) is 2. The highest BCUT2D eigenvalue weighted by Crippen LogP contribution is 2.26. The lowest BCUT2D eigenvalue weighted by Gasteiger charge is -2.31. The number of benzene rings is 1. The Bertz CT molecular complexity index is 749. The van der Waals surface area contributed by atoms with E-state index in [-0.39, 0.29) is 18.7 Å². The first-order chi connectivity index (χ1) is 13.4. The number of carbonyl (C=O) groups excluding carboxylic acids is 3. The number of hydrazone groups is 1. The maximum absolute atomic E-state index is 13.1. The van der Waals surface area contributed by atoms with Crippen LogP contribution in [0.2, 0.25) is 0 Å². The summed E-state index contributed by atoms with van der Waals surface area (Å²) in [5.74, 6) is -1.48. The number of esters is 2. The van der Waals surface area contributed by atoms with Crippen LogP contribution in [0.25, 0.3) is 0 Å². The summed E-state index contributed by atoms with van der Waals surface area (Å²) in [6.07, 6.45) is 1.20. The number of carbonyl (C=O) groups is 3. The maximum Gasteiger partial charge on any atom is 0.354 e. The normalized spacial score (nSPS) is 18.1. The first-order valence-corrected chi connectivity index (χ1v) is 9.35. The minimum atomic E-state index is -1.16. The molecule has 2 rings (SSSR count). The zero-order valence-corrected chi connectivity index (χ0v) is 16.7. The molecule has 0 spiro atoms. The van der Waals surface area contributed by atoms with E-state index in [1.807, 2.05) is 25.1 Å². The molecule has 1 aromatic carbocycles. The van der Waals surface area contributed by atoms with Gasteiger partial charge in [0.05, 0.1) is 19.4 Å². The monoisotopic (exact) mass is 389 g/mol. The number of nitrogens with zero attached hydrogens (tertiary/aromatic N) is 2. The minimum Gasteiger partial charge on any atom is -0.467 e. The first kappa shape index (κ1) is 21.4. The highest BCUT2D eigenvalue weighted by atomic mass is 16.5. The SMILES string of the molecule is CCCC(C)(NC(=O)C1CC(C(=O)OCC)=NN1c1ccccc1)C(=O)OC. The quantitative estimate of drug-likeness (QED) is 0.684. The smallest absolute Gasteiger partial charge is 0.354 e. The van der Waals surface area contributed by atoms with Crippen LogP contribution in [0.1, 0.15) is 40.0 Å². The van der Waals surface area contributed by atoms with Gasteiger partial charge in [-0.15, -0.1) is 0 Å². The second-order valence-electron chi connectivity index (χ2n) is 6.73. The highest BCUT2D eigenvalue weighted by molar-refractivity contribution is 6.38. The molecule has 152 valence electrons. The van der Waals surface area contributed by atoms with E-state index in [0.717, 1.165) is 0 Å². The first-order valence-electron chi connectivity index (χ1n) is 9.35. The predicted octanol–water partition coefficient (Wildman–Crippen LogP) is 2.03. The molecule has 0 saturated heterocycles. The van der Waals surface area contributed by atoms with E-state index in [9.17, 15) is 14.4 Å². The Kier molecular flexibility index (Phi) is 7.14. The number of methoxy groups -OCH3 is 1. The van der Waals surface area contributed by atoms with Crippen LogP contribution in [-0.4, -0.2) is 48.9 Å². The van der Waals surface area contributed by atoms with Crippen LogP contribution in [0.3, 0.4) is 0 Å². The van der Waals surface area contributed by atoms with Crippen LogP contribution < -0.4 is 10.3 Å². The van der Waals surface area contributed by atoms with Gasteiger partial charge in [0.2, 0.25) is 5.91 Å². The predicted molar refractivity (Wildman–Crippen MR) is 105 cm³/mol. The molecular formula is C20H27N3O5. The van der Waals surface area contributed by atoms with Crippen molar-refractivity contribution in [2.24, 2.45) is 5.10 Å². The van der Waals surface area contributed by atoms with E-state index >= 15 is 0 Å². The summed E-state index contributed by atoms with van der Waals surface area (Å²) in [6, 6.07) is 8.30. The van der Waals surface area contributed by atoms with E-state index in [4.69, 9.17) is 9.47 Å². The average molecular weight is 389 g/mol. The molecular weight excluding hydrogens is 362 g/mol. The summed E-state index contributed by atoms with van der Waals surface area (Å²) in [5.41, 5.74) is -0.325.